The Bertz CT molecular complexity index is 781. The van der Waals surface area contributed by atoms with Gasteiger partial charge in [-0.05, 0) is 42.1 Å². The lowest BCUT2D eigenvalue weighted by Crippen LogP contribution is -2.25. The first kappa shape index (κ1) is 15.5. The van der Waals surface area contributed by atoms with E-state index in [2.05, 4.69) is 4.72 Å². The lowest BCUT2D eigenvalue weighted by atomic mass is 10.2. The predicted octanol–water partition coefficient (Wildman–Crippen LogP) is 1.82. The SMILES string of the molecule is Cc1ccsc1CNS(=O)(=O)c1cc(N)ccc1C(=O)O. The fourth-order valence-electron chi connectivity index (χ4n) is 1.76. The van der Waals surface area contributed by atoms with Crippen LogP contribution in [-0.2, 0) is 16.6 Å². The van der Waals surface area contributed by atoms with E-state index < -0.39 is 16.0 Å². The molecule has 0 fully saturated rings. The lowest BCUT2D eigenvalue weighted by Gasteiger charge is -2.10. The van der Waals surface area contributed by atoms with Gasteiger partial charge in [0.1, 0.15) is 0 Å². The van der Waals surface area contributed by atoms with Crippen LogP contribution in [0.3, 0.4) is 0 Å². The molecule has 21 heavy (non-hydrogen) atoms. The Morgan fingerprint density at radius 2 is 2.10 bits per heavy atom. The Hall–Kier alpha value is -1.90. The van der Waals surface area contributed by atoms with E-state index in [1.54, 1.807) is 0 Å². The number of carboxylic acid groups (broad SMARTS) is 1. The van der Waals surface area contributed by atoms with Gasteiger partial charge in [0.15, 0.2) is 0 Å². The second-order valence-electron chi connectivity index (χ2n) is 4.41. The third-order valence-corrected chi connectivity index (χ3v) is 5.38. The maximum Gasteiger partial charge on any atom is 0.337 e. The Morgan fingerprint density at radius 1 is 1.38 bits per heavy atom. The quantitative estimate of drug-likeness (QED) is 0.726. The Kier molecular flexibility index (Phi) is 4.31. The standard InChI is InChI=1S/C13H14N2O4S2/c1-8-4-5-20-11(8)7-15-21(18,19)12-6-9(14)2-3-10(12)13(16)17/h2-6,15H,7,14H2,1H3,(H,16,17). The predicted molar refractivity (Wildman–Crippen MR) is 80.9 cm³/mol. The van der Waals surface area contributed by atoms with Gasteiger partial charge in [0.25, 0.3) is 0 Å². The number of aryl methyl sites for hydroxylation is 1. The first-order chi connectivity index (χ1) is 9.81. The van der Waals surface area contributed by atoms with Crippen LogP contribution in [-0.4, -0.2) is 19.5 Å². The van der Waals surface area contributed by atoms with Crippen LogP contribution in [0.5, 0.6) is 0 Å². The molecule has 0 spiro atoms. The van der Waals surface area contributed by atoms with Gasteiger partial charge in [0, 0.05) is 17.1 Å². The van der Waals surface area contributed by atoms with E-state index in [0.717, 1.165) is 16.5 Å². The van der Waals surface area contributed by atoms with Gasteiger partial charge in [-0.1, -0.05) is 0 Å². The number of hydrogen-bond acceptors (Lipinski definition) is 5. The number of anilines is 1. The lowest BCUT2D eigenvalue weighted by molar-refractivity contribution is 0.0692. The van der Waals surface area contributed by atoms with Crippen LogP contribution in [0.4, 0.5) is 5.69 Å². The highest BCUT2D eigenvalue weighted by Crippen LogP contribution is 2.21. The van der Waals surface area contributed by atoms with Crippen LogP contribution in [0.15, 0.2) is 34.5 Å². The van der Waals surface area contributed by atoms with Crippen molar-refractivity contribution in [3.63, 3.8) is 0 Å². The van der Waals surface area contributed by atoms with Crippen molar-refractivity contribution in [3.8, 4) is 0 Å². The van der Waals surface area contributed by atoms with Gasteiger partial charge >= 0.3 is 5.97 Å². The monoisotopic (exact) mass is 326 g/mol. The van der Waals surface area contributed by atoms with Crippen molar-refractivity contribution in [2.24, 2.45) is 0 Å². The van der Waals surface area contributed by atoms with Gasteiger partial charge in [-0.2, -0.15) is 0 Å². The molecule has 0 saturated heterocycles. The zero-order chi connectivity index (χ0) is 15.6. The molecule has 112 valence electrons. The molecule has 1 aromatic heterocycles. The minimum absolute atomic E-state index is 0.111. The third kappa shape index (κ3) is 3.41. The van der Waals surface area contributed by atoms with Crippen LogP contribution in [0.1, 0.15) is 20.8 Å². The molecule has 0 atom stereocenters. The minimum Gasteiger partial charge on any atom is -0.478 e. The average molecular weight is 326 g/mol. The molecule has 0 aliphatic rings. The fraction of sp³-hybridized carbons (Fsp3) is 0.154. The second-order valence-corrected chi connectivity index (χ2v) is 7.15. The van der Waals surface area contributed by atoms with Gasteiger partial charge in [0.05, 0.1) is 10.5 Å². The Labute approximate surface area is 126 Å². The van der Waals surface area contributed by atoms with Crippen molar-refractivity contribution in [1.82, 2.24) is 4.72 Å². The number of nitrogens with two attached hydrogens (primary N) is 1. The van der Waals surface area contributed by atoms with Gasteiger partial charge < -0.3 is 10.8 Å². The summed E-state index contributed by atoms with van der Waals surface area (Å²) in [6.07, 6.45) is 0. The zero-order valence-corrected chi connectivity index (χ0v) is 12.8. The van der Waals surface area contributed by atoms with Crippen molar-refractivity contribution >= 4 is 33.0 Å². The van der Waals surface area contributed by atoms with Crippen LogP contribution < -0.4 is 10.5 Å². The summed E-state index contributed by atoms with van der Waals surface area (Å²) in [5.74, 6) is -1.32. The molecule has 1 heterocycles. The topological polar surface area (TPSA) is 109 Å². The van der Waals surface area contributed by atoms with E-state index in [4.69, 9.17) is 10.8 Å². The van der Waals surface area contributed by atoms with Crippen molar-refractivity contribution in [2.45, 2.75) is 18.4 Å². The highest BCUT2D eigenvalue weighted by molar-refractivity contribution is 7.89. The molecule has 2 rings (SSSR count). The molecule has 0 aliphatic carbocycles. The van der Waals surface area contributed by atoms with Gasteiger partial charge in [-0.3, -0.25) is 0 Å². The molecule has 1 aromatic carbocycles. The van der Waals surface area contributed by atoms with Crippen molar-refractivity contribution < 1.29 is 18.3 Å². The molecule has 0 saturated carbocycles. The third-order valence-electron chi connectivity index (χ3n) is 2.92. The average Bonchev–Trinajstić information content (AvgIpc) is 2.81. The summed E-state index contributed by atoms with van der Waals surface area (Å²) in [5.41, 5.74) is 6.42. The smallest absolute Gasteiger partial charge is 0.337 e. The summed E-state index contributed by atoms with van der Waals surface area (Å²) < 4.78 is 27.0. The number of nitrogens with one attached hydrogen (secondary N) is 1. The molecule has 0 amide bonds. The number of nitrogen functional groups attached to an aromatic ring is 1. The number of benzene rings is 1. The molecule has 0 unspecified atom stereocenters. The summed E-state index contributed by atoms with van der Waals surface area (Å²) in [5, 5.41) is 10.9. The van der Waals surface area contributed by atoms with Crippen molar-refractivity contribution in [2.75, 3.05) is 5.73 Å². The van der Waals surface area contributed by atoms with Crippen molar-refractivity contribution in [3.05, 3.63) is 45.6 Å². The van der Waals surface area contributed by atoms with Crippen LogP contribution in [0, 0.1) is 6.92 Å². The molecule has 0 radical (unpaired) electrons. The van der Waals surface area contributed by atoms with E-state index in [0.29, 0.717) is 0 Å². The molecule has 2 aromatic rings. The number of carboxylic acids is 1. The molecular formula is C13H14N2O4S2. The van der Waals surface area contributed by atoms with E-state index in [1.165, 1.54) is 23.5 Å². The Morgan fingerprint density at radius 3 is 2.67 bits per heavy atom. The summed E-state index contributed by atoms with van der Waals surface area (Å²) in [4.78, 5) is 11.7. The number of hydrogen-bond donors (Lipinski definition) is 3. The summed E-state index contributed by atoms with van der Waals surface area (Å²) >= 11 is 1.43. The summed E-state index contributed by atoms with van der Waals surface area (Å²) in [6.45, 7) is 1.99. The number of aromatic carboxylic acids is 1. The number of carbonyl (C=O) groups is 1. The molecular weight excluding hydrogens is 312 g/mol. The van der Waals surface area contributed by atoms with Crippen LogP contribution >= 0.6 is 11.3 Å². The number of rotatable bonds is 5. The van der Waals surface area contributed by atoms with E-state index in [1.807, 2.05) is 18.4 Å². The van der Waals surface area contributed by atoms with E-state index in [9.17, 15) is 13.2 Å². The van der Waals surface area contributed by atoms with E-state index >= 15 is 0 Å². The maximum atomic E-state index is 12.3. The van der Waals surface area contributed by atoms with Crippen LogP contribution in [0.25, 0.3) is 0 Å². The highest BCUT2D eigenvalue weighted by atomic mass is 32.2. The molecule has 4 N–H and O–H groups in total. The maximum absolute atomic E-state index is 12.3. The molecule has 0 bridgehead atoms. The van der Waals surface area contributed by atoms with Crippen LogP contribution in [0.2, 0.25) is 0 Å². The normalized spacial score (nSPS) is 11.5. The molecule has 8 heteroatoms. The number of thiophene rings is 1. The Balaban J connectivity index is 2.33. The van der Waals surface area contributed by atoms with E-state index in [-0.39, 0.29) is 22.7 Å². The fourth-order valence-corrected chi connectivity index (χ4v) is 3.92. The molecule has 0 aliphatic heterocycles. The summed E-state index contributed by atoms with van der Waals surface area (Å²) in [6, 6.07) is 5.57. The largest absolute Gasteiger partial charge is 0.478 e. The zero-order valence-electron chi connectivity index (χ0n) is 11.2. The first-order valence-electron chi connectivity index (χ1n) is 5.96. The summed E-state index contributed by atoms with van der Waals surface area (Å²) in [7, 11) is -3.96. The van der Waals surface area contributed by atoms with Gasteiger partial charge in [-0.25, -0.2) is 17.9 Å². The minimum atomic E-state index is -3.96. The van der Waals surface area contributed by atoms with Gasteiger partial charge in [-0.15, -0.1) is 11.3 Å². The van der Waals surface area contributed by atoms with Crippen molar-refractivity contribution in [1.29, 1.82) is 0 Å². The highest BCUT2D eigenvalue weighted by Gasteiger charge is 2.22. The molecule has 6 nitrogen and oxygen atoms in total. The van der Waals surface area contributed by atoms with Gasteiger partial charge in [0.2, 0.25) is 10.0 Å². The second kappa shape index (κ2) is 5.84. The number of sulfonamides is 1. The first-order valence-corrected chi connectivity index (χ1v) is 8.33.